The van der Waals surface area contributed by atoms with E-state index in [1.54, 1.807) is 48.5 Å². The number of amides is 3. The smallest absolute Gasteiger partial charge is 0.329 e. The van der Waals surface area contributed by atoms with Crippen molar-refractivity contribution in [2.45, 2.75) is 0 Å². The van der Waals surface area contributed by atoms with Crippen LogP contribution in [0.2, 0.25) is 15.1 Å². The highest BCUT2D eigenvalue weighted by molar-refractivity contribution is 9.10. The van der Waals surface area contributed by atoms with Gasteiger partial charge in [0.25, 0.3) is 5.91 Å². The second-order valence-electron chi connectivity index (χ2n) is 7.14. The summed E-state index contributed by atoms with van der Waals surface area (Å²) in [5, 5.41) is 9.75. The Bertz CT molecular complexity index is 1370. The Morgan fingerprint density at radius 1 is 1.00 bits per heavy atom. The van der Waals surface area contributed by atoms with Crippen molar-refractivity contribution in [3.8, 4) is 11.5 Å². The highest BCUT2D eigenvalue weighted by Gasteiger charge is 2.16. The Morgan fingerprint density at radius 2 is 1.76 bits per heavy atom. The summed E-state index contributed by atoms with van der Waals surface area (Å²) in [4.78, 5) is 36.3. The second-order valence-corrected chi connectivity index (χ2v) is 9.21. The molecule has 0 heterocycles. The quantitative estimate of drug-likeness (QED) is 0.172. The summed E-state index contributed by atoms with van der Waals surface area (Å²) in [6.45, 7) is -0.344. The number of halogens is 4. The minimum atomic E-state index is -0.979. The number of rotatable bonds is 8. The molecular weight excluding hydrogens is 611 g/mol. The fraction of sp³-hybridized carbons (Fsp3) is 0.0833. The number of benzene rings is 3. The first kappa shape index (κ1) is 28.3. The highest BCUT2D eigenvalue weighted by atomic mass is 79.9. The van der Waals surface area contributed by atoms with Crippen LogP contribution in [-0.4, -0.2) is 37.7 Å². The molecule has 13 heteroatoms. The van der Waals surface area contributed by atoms with Crippen LogP contribution in [0.25, 0.3) is 0 Å². The number of nitrogens with zero attached hydrogens (tertiary/aromatic N) is 1. The van der Waals surface area contributed by atoms with Gasteiger partial charge in [-0.15, -0.1) is 0 Å². The van der Waals surface area contributed by atoms with Gasteiger partial charge in [-0.25, -0.2) is 5.43 Å². The summed E-state index contributed by atoms with van der Waals surface area (Å²) in [5.74, 6) is -1.82. The largest absolute Gasteiger partial charge is 0.493 e. The maximum atomic E-state index is 12.3. The van der Waals surface area contributed by atoms with Gasteiger partial charge in [0.15, 0.2) is 18.1 Å². The summed E-state index contributed by atoms with van der Waals surface area (Å²) in [7, 11) is 1.42. The average molecular weight is 629 g/mol. The molecule has 9 nitrogen and oxygen atoms in total. The van der Waals surface area contributed by atoms with E-state index in [-0.39, 0.29) is 23.1 Å². The number of anilines is 2. The highest BCUT2D eigenvalue weighted by Crippen LogP contribution is 2.36. The summed E-state index contributed by atoms with van der Waals surface area (Å²) in [6, 6.07) is 14.4. The predicted octanol–water partition coefficient (Wildman–Crippen LogP) is 5.52. The van der Waals surface area contributed by atoms with Gasteiger partial charge < -0.3 is 20.1 Å². The standard InChI is InChI=1S/C24H18BrCl3N4O5/c1-36-19-9-13(11-29-32-24(35)23(34)30-15-5-2-4-14(26)10-15)8-16(25)22(19)37-12-20(33)31-18-7-3-6-17(27)21(18)28/h2-11H,12H2,1H3,(H,30,34)(H,31,33)(H,32,35)/b29-11-. The Kier molecular flexibility index (Phi) is 10.2. The third-order valence-corrected chi connectivity index (χ3v) is 6.14. The lowest BCUT2D eigenvalue weighted by Crippen LogP contribution is -2.32. The lowest BCUT2D eigenvalue weighted by atomic mass is 10.2. The van der Waals surface area contributed by atoms with Gasteiger partial charge in [0, 0.05) is 10.7 Å². The SMILES string of the molecule is COc1cc(/C=N\NC(=O)C(=O)Nc2cccc(Cl)c2)cc(Br)c1OCC(=O)Nc1cccc(Cl)c1Cl. The molecule has 3 aromatic rings. The summed E-state index contributed by atoms with van der Waals surface area (Å²) >= 11 is 21.3. The summed E-state index contributed by atoms with van der Waals surface area (Å²) in [6.07, 6.45) is 1.30. The number of nitrogens with one attached hydrogen (secondary N) is 3. The van der Waals surface area contributed by atoms with E-state index in [4.69, 9.17) is 44.3 Å². The molecule has 3 rings (SSSR count). The first-order chi connectivity index (χ1) is 17.7. The molecule has 0 aliphatic rings. The van der Waals surface area contributed by atoms with E-state index in [0.29, 0.717) is 31.5 Å². The molecule has 0 saturated carbocycles. The van der Waals surface area contributed by atoms with Crippen LogP contribution in [0.3, 0.4) is 0 Å². The van der Waals surface area contributed by atoms with Gasteiger partial charge in [-0.05, 0) is 64.0 Å². The molecule has 0 fully saturated rings. The molecule has 0 atom stereocenters. The van der Waals surface area contributed by atoms with Crippen LogP contribution >= 0.6 is 50.7 Å². The van der Waals surface area contributed by atoms with Crippen molar-refractivity contribution in [1.82, 2.24) is 5.43 Å². The van der Waals surface area contributed by atoms with Crippen LogP contribution in [-0.2, 0) is 14.4 Å². The van der Waals surface area contributed by atoms with Crippen LogP contribution in [0.5, 0.6) is 11.5 Å². The van der Waals surface area contributed by atoms with Gasteiger partial charge in [0.1, 0.15) is 0 Å². The molecular formula is C24H18BrCl3N4O5. The lowest BCUT2D eigenvalue weighted by molar-refractivity contribution is -0.136. The van der Waals surface area contributed by atoms with Gasteiger partial charge in [-0.2, -0.15) is 5.10 Å². The van der Waals surface area contributed by atoms with Crippen LogP contribution in [0.1, 0.15) is 5.56 Å². The summed E-state index contributed by atoms with van der Waals surface area (Å²) in [5.41, 5.74) is 3.35. The molecule has 3 N–H and O–H groups in total. The van der Waals surface area contributed by atoms with Crippen LogP contribution < -0.4 is 25.5 Å². The van der Waals surface area contributed by atoms with Gasteiger partial charge in [0.2, 0.25) is 0 Å². The fourth-order valence-electron chi connectivity index (χ4n) is 2.85. The second kappa shape index (κ2) is 13.3. The number of carbonyl (C=O) groups excluding carboxylic acids is 3. The Morgan fingerprint density at radius 3 is 2.49 bits per heavy atom. The van der Waals surface area contributed by atoms with E-state index in [1.165, 1.54) is 19.4 Å². The molecule has 0 aromatic heterocycles. The molecule has 0 spiro atoms. The zero-order chi connectivity index (χ0) is 26.9. The molecule has 192 valence electrons. The first-order valence-electron chi connectivity index (χ1n) is 10.3. The van der Waals surface area contributed by atoms with E-state index in [2.05, 4.69) is 37.1 Å². The van der Waals surface area contributed by atoms with E-state index in [1.807, 2.05) is 0 Å². The van der Waals surface area contributed by atoms with Crippen molar-refractivity contribution in [1.29, 1.82) is 0 Å². The van der Waals surface area contributed by atoms with Crippen molar-refractivity contribution >= 4 is 86.0 Å². The third-order valence-electron chi connectivity index (χ3n) is 4.49. The molecule has 0 radical (unpaired) electrons. The minimum Gasteiger partial charge on any atom is -0.493 e. The zero-order valence-corrected chi connectivity index (χ0v) is 22.8. The molecule has 3 aromatic carbocycles. The van der Waals surface area contributed by atoms with E-state index in [0.717, 1.165) is 0 Å². The third kappa shape index (κ3) is 8.09. The van der Waals surface area contributed by atoms with E-state index in [9.17, 15) is 14.4 Å². The fourth-order valence-corrected chi connectivity index (χ4v) is 3.96. The molecule has 0 bridgehead atoms. The van der Waals surface area contributed by atoms with Crippen LogP contribution in [0, 0.1) is 0 Å². The Balaban J connectivity index is 1.59. The van der Waals surface area contributed by atoms with Crippen LogP contribution in [0.15, 0.2) is 64.2 Å². The predicted molar refractivity (Wildman–Crippen MR) is 147 cm³/mol. The lowest BCUT2D eigenvalue weighted by Gasteiger charge is -2.14. The average Bonchev–Trinajstić information content (AvgIpc) is 2.85. The van der Waals surface area contributed by atoms with E-state index >= 15 is 0 Å². The topological polar surface area (TPSA) is 118 Å². The molecule has 37 heavy (non-hydrogen) atoms. The van der Waals surface area contributed by atoms with Crippen molar-refractivity contribution in [2.75, 3.05) is 24.4 Å². The Hall–Kier alpha value is -3.31. The van der Waals surface area contributed by atoms with Crippen LogP contribution in [0.4, 0.5) is 11.4 Å². The maximum Gasteiger partial charge on any atom is 0.329 e. The van der Waals surface area contributed by atoms with Gasteiger partial charge >= 0.3 is 11.8 Å². The molecule has 0 unspecified atom stereocenters. The number of ether oxygens (including phenoxy) is 2. The Labute approximate surface area is 235 Å². The maximum absolute atomic E-state index is 12.3. The number of hydrogen-bond acceptors (Lipinski definition) is 6. The monoisotopic (exact) mass is 626 g/mol. The number of methoxy groups -OCH3 is 1. The van der Waals surface area contributed by atoms with Crippen molar-refractivity contribution in [2.24, 2.45) is 5.10 Å². The number of hydrazone groups is 1. The first-order valence-corrected chi connectivity index (χ1v) is 12.2. The molecule has 0 aliphatic heterocycles. The number of carbonyl (C=O) groups is 3. The number of hydrogen-bond donors (Lipinski definition) is 3. The van der Waals surface area contributed by atoms with Gasteiger partial charge in [-0.1, -0.05) is 46.9 Å². The zero-order valence-electron chi connectivity index (χ0n) is 19.0. The van der Waals surface area contributed by atoms with Gasteiger partial charge in [0.05, 0.1) is 33.5 Å². The van der Waals surface area contributed by atoms with Crippen molar-refractivity contribution in [3.05, 3.63) is 79.7 Å². The minimum absolute atomic E-state index is 0.217. The normalized spacial score (nSPS) is 10.6. The van der Waals surface area contributed by atoms with Gasteiger partial charge in [-0.3, -0.25) is 14.4 Å². The molecule has 0 saturated heterocycles. The van der Waals surface area contributed by atoms with E-state index < -0.39 is 17.7 Å². The van der Waals surface area contributed by atoms with Crippen molar-refractivity contribution in [3.63, 3.8) is 0 Å². The summed E-state index contributed by atoms with van der Waals surface area (Å²) < 4.78 is 11.4. The molecule has 3 amide bonds. The van der Waals surface area contributed by atoms with Crippen molar-refractivity contribution < 1.29 is 23.9 Å². The molecule has 0 aliphatic carbocycles.